The van der Waals surface area contributed by atoms with E-state index in [0.29, 0.717) is 0 Å². The van der Waals surface area contributed by atoms with Gasteiger partial charge in [0.15, 0.2) is 11.4 Å². The Balaban J connectivity index is 0. The van der Waals surface area contributed by atoms with Gasteiger partial charge >= 0.3 is 59.1 Å². The van der Waals surface area contributed by atoms with Gasteiger partial charge in [-0.1, -0.05) is 0 Å². The van der Waals surface area contributed by atoms with Crippen molar-refractivity contribution >= 4 is 11.7 Å². The van der Waals surface area contributed by atoms with Crippen LogP contribution in [0.2, 0.25) is 0 Å². The first-order valence-electron chi connectivity index (χ1n) is 3.44. The van der Waals surface area contributed by atoms with Crippen molar-refractivity contribution in [1.82, 2.24) is 5.32 Å². The molecule has 1 aliphatic rings. The van der Waals surface area contributed by atoms with E-state index in [4.69, 9.17) is 15.9 Å². The molecule has 0 aromatic heterocycles. The first kappa shape index (κ1) is 18.0. The van der Waals surface area contributed by atoms with Crippen LogP contribution in [0, 0.1) is 22.7 Å². The second-order valence-electron chi connectivity index (χ2n) is 2.35. The zero-order valence-electron chi connectivity index (χ0n) is 8.74. The molecule has 0 radical (unpaired) electrons. The van der Waals surface area contributed by atoms with Gasteiger partial charge in [0.25, 0.3) is 0 Å². The summed E-state index contributed by atoms with van der Waals surface area (Å²) in [5, 5.41) is 38.4. The van der Waals surface area contributed by atoms with E-state index in [1.165, 1.54) is 18.0 Å². The Morgan fingerprint density at radius 1 is 1.38 bits per heavy atom. The Morgan fingerprint density at radius 2 is 1.88 bits per heavy atom. The quantitative estimate of drug-likeness (QED) is 0.192. The monoisotopic (exact) mass is 232 g/mol. The summed E-state index contributed by atoms with van der Waals surface area (Å²) in [6.07, 6.45) is -1.80. The molecule has 1 rings (SSSR count). The summed E-state index contributed by atoms with van der Waals surface area (Å²) in [6, 6.07) is 2.98. The van der Waals surface area contributed by atoms with E-state index in [1.54, 1.807) is 0 Å². The molecule has 0 aromatic carbocycles. The Hall–Kier alpha value is -0.400. The fourth-order valence-electron chi connectivity index (χ4n) is 0.968. The average Bonchev–Trinajstić information content (AvgIpc) is 2.45. The van der Waals surface area contributed by atoms with Gasteiger partial charge in [-0.3, -0.25) is 10.7 Å². The third-order valence-electron chi connectivity index (χ3n) is 1.60. The number of rotatable bonds is 0. The third-order valence-corrected chi connectivity index (χ3v) is 1.60. The summed E-state index contributed by atoms with van der Waals surface area (Å²) >= 11 is 0. The van der Waals surface area contributed by atoms with Gasteiger partial charge in [-0.2, -0.15) is 10.5 Å². The first-order valence-corrected chi connectivity index (χ1v) is 3.44. The molecule has 0 spiro atoms. The maximum Gasteiger partial charge on any atom is 1.00 e. The van der Waals surface area contributed by atoms with Crippen LogP contribution in [0.25, 0.3) is 5.41 Å². The topological polar surface area (TPSA) is 122 Å². The molecule has 1 saturated heterocycles. The molecule has 6 nitrogen and oxygen atoms in total. The van der Waals surface area contributed by atoms with Gasteiger partial charge in [0.05, 0.1) is 11.3 Å². The van der Waals surface area contributed by atoms with Gasteiger partial charge in [0, 0.05) is 6.23 Å². The molecule has 8 heteroatoms. The summed E-state index contributed by atoms with van der Waals surface area (Å²) in [5.74, 6) is 0.548. The number of nitrogens with one attached hydrogen (secondary N) is 1. The molecule has 1 aliphatic heterocycles. The normalized spacial score (nSPS) is 16.9. The molecule has 1 atom stereocenters. The van der Waals surface area contributed by atoms with Gasteiger partial charge in [-0.05, 0) is 0 Å². The van der Waals surface area contributed by atoms with Crippen LogP contribution in [0.1, 0.15) is 0 Å². The SMILES string of the molecule is N#CC(C#N)=C1NC([O-])C(=O)C1=C=[N-].[Na+].[Na+]. The first-order chi connectivity index (χ1) is 6.65. The van der Waals surface area contributed by atoms with E-state index in [0.717, 1.165) is 0 Å². The van der Waals surface area contributed by atoms with Gasteiger partial charge in [-0.15, -0.1) is 0 Å². The van der Waals surface area contributed by atoms with Crippen molar-refractivity contribution in [2.45, 2.75) is 6.23 Å². The van der Waals surface area contributed by atoms with E-state index < -0.39 is 23.2 Å². The number of hydrogen-bond donors (Lipinski definition) is 1. The fourth-order valence-corrected chi connectivity index (χ4v) is 0.968. The number of carbonyl (C=O) groups excluding carboxylic acids is 1. The van der Waals surface area contributed by atoms with Crippen molar-refractivity contribution in [2.24, 2.45) is 0 Å². The average molecular weight is 232 g/mol. The van der Waals surface area contributed by atoms with Crippen molar-refractivity contribution in [1.29, 1.82) is 10.5 Å². The summed E-state index contributed by atoms with van der Waals surface area (Å²) in [5.41, 5.74) is -1.15. The zero-order valence-corrected chi connectivity index (χ0v) is 12.7. The van der Waals surface area contributed by atoms with E-state index in [1.807, 2.05) is 0 Å². The van der Waals surface area contributed by atoms with Crippen LogP contribution in [-0.4, -0.2) is 17.9 Å². The van der Waals surface area contributed by atoms with Crippen molar-refractivity contribution in [3.63, 3.8) is 0 Å². The number of carbonyl (C=O) groups is 1. The fraction of sp³-hybridized carbons (Fsp3) is 0.125. The van der Waals surface area contributed by atoms with E-state index in [9.17, 15) is 9.90 Å². The Kier molecular flexibility index (Phi) is 8.77. The van der Waals surface area contributed by atoms with Crippen LogP contribution >= 0.6 is 0 Å². The standard InChI is InChI=1S/C8H2N4O2.2Na/c9-1-4(2-10)6-5(3-11)7(13)8(14)12-6;;/h8,12H;;/q-2;2*+1. The van der Waals surface area contributed by atoms with Crippen molar-refractivity contribution < 1.29 is 69.0 Å². The zero-order chi connectivity index (χ0) is 10.7. The van der Waals surface area contributed by atoms with Gasteiger partial charge < -0.3 is 15.8 Å². The largest absolute Gasteiger partial charge is 1.00 e. The summed E-state index contributed by atoms with van der Waals surface area (Å²) < 4.78 is 0. The smallest absolute Gasteiger partial charge is 0.830 e. The summed E-state index contributed by atoms with van der Waals surface area (Å²) in [6.45, 7) is 0. The molecular formula is C8H2N4Na2O2. The molecule has 1 unspecified atom stereocenters. The summed E-state index contributed by atoms with van der Waals surface area (Å²) in [7, 11) is 0. The van der Waals surface area contributed by atoms with Crippen LogP contribution in [-0.2, 0) is 4.79 Å². The predicted molar refractivity (Wildman–Crippen MR) is 42.1 cm³/mol. The molecule has 0 saturated carbocycles. The van der Waals surface area contributed by atoms with Crippen LogP contribution in [0.3, 0.4) is 0 Å². The molecule has 1 N–H and O–H groups in total. The predicted octanol–water partition coefficient (Wildman–Crippen LogP) is -7.68. The Morgan fingerprint density at radius 3 is 2.25 bits per heavy atom. The Bertz CT molecular complexity index is 449. The number of nitriles is 2. The summed E-state index contributed by atoms with van der Waals surface area (Å²) in [4.78, 5) is 11.0. The van der Waals surface area contributed by atoms with E-state index in [2.05, 4.69) is 5.32 Å². The molecule has 0 aliphatic carbocycles. The second-order valence-corrected chi connectivity index (χ2v) is 2.35. The number of hydrogen-bond acceptors (Lipinski definition) is 5. The van der Waals surface area contributed by atoms with Gasteiger partial charge in [0.2, 0.25) is 0 Å². The molecule has 1 heterocycles. The number of nitrogens with zero attached hydrogens (tertiary/aromatic N) is 3. The number of allylic oxidation sites excluding steroid dienone is 2. The maximum absolute atomic E-state index is 11.0. The molecular weight excluding hydrogens is 230 g/mol. The minimum absolute atomic E-state index is 0. The minimum Gasteiger partial charge on any atom is -0.830 e. The van der Waals surface area contributed by atoms with Gasteiger partial charge in [0.1, 0.15) is 12.1 Å². The van der Waals surface area contributed by atoms with Crippen LogP contribution in [0.5, 0.6) is 0 Å². The molecule has 0 amide bonds. The van der Waals surface area contributed by atoms with Crippen LogP contribution < -0.4 is 69.5 Å². The van der Waals surface area contributed by atoms with Crippen molar-refractivity contribution in [3.05, 3.63) is 22.3 Å². The third kappa shape index (κ3) is 3.29. The second kappa shape index (κ2) is 7.81. The van der Waals surface area contributed by atoms with Crippen molar-refractivity contribution in [2.75, 3.05) is 0 Å². The Labute approximate surface area is 136 Å². The number of Topliss-reactive ketones (excluding diaryl/α,β-unsaturated/α-hetero) is 1. The molecule has 68 valence electrons. The minimum atomic E-state index is -1.80. The van der Waals surface area contributed by atoms with Crippen molar-refractivity contribution in [3.8, 4) is 12.1 Å². The molecule has 0 aromatic rings. The molecule has 16 heavy (non-hydrogen) atoms. The van der Waals surface area contributed by atoms with Crippen LogP contribution in [0.15, 0.2) is 16.8 Å². The number of ketones is 1. The van der Waals surface area contributed by atoms with Gasteiger partial charge in [-0.25, -0.2) is 0 Å². The molecule has 0 bridgehead atoms. The van der Waals surface area contributed by atoms with Crippen LogP contribution in [0.4, 0.5) is 0 Å². The van der Waals surface area contributed by atoms with E-state index >= 15 is 0 Å². The van der Waals surface area contributed by atoms with E-state index in [-0.39, 0.29) is 64.8 Å². The molecule has 1 fully saturated rings. The maximum atomic E-state index is 11.0.